The molecule has 5 nitrogen and oxygen atoms in total. The van der Waals surface area contributed by atoms with Crippen LogP contribution in [0.3, 0.4) is 0 Å². The third-order valence-electron chi connectivity index (χ3n) is 2.37. The van der Waals surface area contributed by atoms with Gasteiger partial charge >= 0.3 is 0 Å². The Labute approximate surface area is 97.7 Å². The smallest absolute Gasteiger partial charge is 0.186 e. The fraction of sp³-hybridized carbons (Fsp3) is 0.875. The highest BCUT2D eigenvalue weighted by Crippen LogP contribution is 2.21. The summed E-state index contributed by atoms with van der Waals surface area (Å²) in [5, 5.41) is 28.5. The van der Waals surface area contributed by atoms with Crippen LogP contribution in [-0.2, 0) is 0 Å². The van der Waals surface area contributed by atoms with E-state index in [0.717, 1.165) is 4.43 Å². The van der Waals surface area contributed by atoms with Crippen molar-refractivity contribution in [2.24, 2.45) is 5.73 Å². The minimum Gasteiger partial charge on any atom is -0.394 e. The quantitative estimate of drug-likeness (QED) is 0.203. The lowest BCUT2D eigenvalue weighted by molar-refractivity contribution is 0.0178. The number of nitrogens with one attached hydrogen (secondary N) is 2. The van der Waals surface area contributed by atoms with E-state index >= 15 is 0 Å². The highest BCUT2D eigenvalue weighted by molar-refractivity contribution is 14.1. The molecule has 0 rings (SSSR count). The van der Waals surface area contributed by atoms with Crippen LogP contribution in [0, 0.1) is 5.41 Å². The molecule has 0 aromatic heterocycles. The van der Waals surface area contributed by atoms with Crippen molar-refractivity contribution >= 4 is 28.6 Å². The zero-order valence-electron chi connectivity index (χ0n) is 8.26. The van der Waals surface area contributed by atoms with Gasteiger partial charge in [0, 0.05) is 4.43 Å². The van der Waals surface area contributed by atoms with Gasteiger partial charge < -0.3 is 21.3 Å². The molecule has 0 heterocycles. The minimum absolute atomic E-state index is 0.177. The molecule has 0 aliphatic heterocycles. The van der Waals surface area contributed by atoms with E-state index in [4.69, 9.17) is 16.2 Å². The molecule has 14 heavy (non-hydrogen) atoms. The molecule has 6 heteroatoms. The molecule has 0 bridgehead atoms. The highest BCUT2D eigenvalue weighted by atomic mass is 127. The van der Waals surface area contributed by atoms with Gasteiger partial charge in [-0.25, -0.2) is 0 Å². The summed E-state index contributed by atoms with van der Waals surface area (Å²) < 4.78 is 0.822. The summed E-state index contributed by atoms with van der Waals surface area (Å²) in [7, 11) is 0. The van der Waals surface area contributed by atoms with Crippen LogP contribution >= 0.6 is 22.6 Å². The van der Waals surface area contributed by atoms with Gasteiger partial charge in [-0.15, -0.1) is 0 Å². The molecule has 0 aliphatic carbocycles. The van der Waals surface area contributed by atoms with Crippen molar-refractivity contribution in [2.45, 2.75) is 31.4 Å². The normalized spacial score (nSPS) is 17.1. The lowest BCUT2D eigenvalue weighted by Gasteiger charge is -2.37. The molecule has 0 fully saturated rings. The van der Waals surface area contributed by atoms with Crippen LogP contribution in [0.4, 0.5) is 0 Å². The fourth-order valence-electron chi connectivity index (χ4n) is 1.42. The summed E-state index contributed by atoms with van der Waals surface area (Å²) in [6, 6.07) is 0. The monoisotopic (exact) mass is 315 g/mol. The molecule has 2 unspecified atom stereocenters. The molecular weight excluding hydrogens is 297 g/mol. The van der Waals surface area contributed by atoms with E-state index in [9.17, 15) is 5.11 Å². The predicted molar refractivity (Wildman–Crippen MR) is 64.7 cm³/mol. The summed E-state index contributed by atoms with van der Waals surface area (Å²) >= 11 is 2.19. The van der Waals surface area contributed by atoms with Crippen molar-refractivity contribution in [1.82, 2.24) is 5.32 Å². The Hall–Kier alpha value is -0.0800. The molecule has 0 radical (unpaired) electrons. The Balaban J connectivity index is 4.67. The van der Waals surface area contributed by atoms with Crippen LogP contribution in [0.5, 0.6) is 0 Å². The van der Waals surface area contributed by atoms with Crippen molar-refractivity contribution in [2.75, 3.05) is 11.0 Å². The number of nitrogens with two attached hydrogens (primary N) is 1. The van der Waals surface area contributed by atoms with E-state index in [1.165, 1.54) is 0 Å². The predicted octanol–water partition coefficient (Wildman–Crippen LogP) is -0.203. The minimum atomic E-state index is -0.897. The first-order chi connectivity index (χ1) is 6.52. The molecule has 0 saturated carbocycles. The van der Waals surface area contributed by atoms with Gasteiger partial charge in [0.15, 0.2) is 5.96 Å². The molecule has 2 atom stereocenters. The number of hydrogen-bond donors (Lipinski definition) is 5. The number of guanidine groups is 1. The largest absolute Gasteiger partial charge is 0.394 e. The Bertz CT molecular complexity index is 191. The van der Waals surface area contributed by atoms with Crippen LogP contribution in [0.2, 0.25) is 0 Å². The van der Waals surface area contributed by atoms with Crippen LogP contribution in [0.15, 0.2) is 0 Å². The molecule has 0 spiro atoms. The van der Waals surface area contributed by atoms with Crippen LogP contribution in [0.25, 0.3) is 0 Å². The first-order valence-electron chi connectivity index (χ1n) is 4.49. The van der Waals surface area contributed by atoms with Crippen molar-refractivity contribution in [3.05, 3.63) is 0 Å². The molecule has 0 aromatic carbocycles. The Morgan fingerprint density at radius 1 is 1.71 bits per heavy atom. The standard InChI is InChI=1S/C8H18IN3O2/c1-2-8(3-4-9,6(14)5-13)12-7(10)11/h6,13-14H,2-5H2,1H3,(H4,10,11,12). The van der Waals surface area contributed by atoms with E-state index in [1.54, 1.807) is 0 Å². The molecule has 0 aromatic rings. The number of aliphatic hydroxyl groups is 2. The van der Waals surface area contributed by atoms with Gasteiger partial charge in [-0.1, -0.05) is 29.5 Å². The van der Waals surface area contributed by atoms with Gasteiger partial charge in [-0.2, -0.15) is 0 Å². The maximum Gasteiger partial charge on any atom is 0.186 e. The van der Waals surface area contributed by atoms with Gasteiger partial charge in [0.1, 0.15) is 6.10 Å². The molecule has 84 valence electrons. The Morgan fingerprint density at radius 2 is 2.29 bits per heavy atom. The number of hydrogen-bond acceptors (Lipinski definition) is 3. The zero-order valence-corrected chi connectivity index (χ0v) is 10.4. The maximum atomic E-state index is 9.68. The van der Waals surface area contributed by atoms with Gasteiger partial charge in [0.25, 0.3) is 0 Å². The zero-order chi connectivity index (χ0) is 11.2. The summed E-state index contributed by atoms with van der Waals surface area (Å²) in [6.45, 7) is 1.56. The number of halogens is 1. The van der Waals surface area contributed by atoms with Crippen LogP contribution < -0.4 is 11.1 Å². The van der Waals surface area contributed by atoms with E-state index in [1.807, 2.05) is 6.92 Å². The average molecular weight is 315 g/mol. The maximum absolute atomic E-state index is 9.68. The van der Waals surface area contributed by atoms with Crippen molar-refractivity contribution in [1.29, 1.82) is 5.41 Å². The second-order valence-electron chi connectivity index (χ2n) is 3.19. The molecule has 0 amide bonds. The molecular formula is C8H18IN3O2. The number of rotatable bonds is 6. The van der Waals surface area contributed by atoms with Crippen molar-refractivity contribution in [3.8, 4) is 0 Å². The number of alkyl halides is 1. The van der Waals surface area contributed by atoms with E-state index in [0.29, 0.717) is 12.8 Å². The first-order valence-corrected chi connectivity index (χ1v) is 6.02. The van der Waals surface area contributed by atoms with Crippen molar-refractivity contribution < 1.29 is 10.2 Å². The molecule has 6 N–H and O–H groups in total. The third kappa shape index (κ3) is 3.58. The second-order valence-corrected chi connectivity index (χ2v) is 4.26. The first kappa shape index (κ1) is 13.9. The highest BCUT2D eigenvalue weighted by Gasteiger charge is 2.35. The summed E-state index contributed by atoms with van der Waals surface area (Å²) in [5.41, 5.74) is 4.58. The SMILES string of the molecule is CCC(CCI)(NC(=N)N)C(O)CO. The average Bonchev–Trinajstić information content (AvgIpc) is 2.15. The van der Waals surface area contributed by atoms with Crippen LogP contribution in [-0.4, -0.2) is 38.8 Å². The summed E-state index contributed by atoms with van der Waals surface area (Å²) in [4.78, 5) is 0. The fourth-order valence-corrected chi connectivity index (χ4v) is 2.39. The number of aliphatic hydroxyl groups excluding tert-OH is 2. The van der Waals surface area contributed by atoms with Gasteiger partial charge in [-0.3, -0.25) is 5.41 Å². The third-order valence-corrected chi connectivity index (χ3v) is 2.91. The van der Waals surface area contributed by atoms with Crippen molar-refractivity contribution in [3.63, 3.8) is 0 Å². The summed E-state index contributed by atoms with van der Waals surface area (Å²) in [6.07, 6.45) is 0.369. The van der Waals surface area contributed by atoms with E-state index in [2.05, 4.69) is 27.9 Å². The topological polar surface area (TPSA) is 102 Å². The Kier molecular flexibility index (Phi) is 6.38. The Morgan fingerprint density at radius 3 is 2.57 bits per heavy atom. The molecule has 0 saturated heterocycles. The van der Waals surface area contributed by atoms with E-state index < -0.39 is 11.6 Å². The van der Waals surface area contributed by atoms with Gasteiger partial charge in [-0.05, 0) is 12.8 Å². The lowest BCUT2D eigenvalue weighted by atomic mass is 9.87. The van der Waals surface area contributed by atoms with Gasteiger partial charge in [0.2, 0.25) is 0 Å². The van der Waals surface area contributed by atoms with Gasteiger partial charge in [0.05, 0.1) is 12.1 Å². The summed E-state index contributed by atoms with van der Waals surface area (Å²) in [5.74, 6) is -0.177. The second kappa shape index (κ2) is 6.41. The molecule has 0 aliphatic rings. The van der Waals surface area contributed by atoms with Crippen LogP contribution in [0.1, 0.15) is 19.8 Å². The van der Waals surface area contributed by atoms with E-state index in [-0.39, 0.29) is 12.6 Å². The lowest BCUT2D eigenvalue weighted by Crippen LogP contribution is -2.59.